The minimum atomic E-state index is -0.317. The normalized spacial score (nSPS) is 19.7. The zero-order chi connectivity index (χ0) is 10.3. The van der Waals surface area contributed by atoms with E-state index in [1.807, 2.05) is 5.38 Å². The zero-order valence-corrected chi connectivity index (χ0v) is 9.77. The molecule has 0 bridgehead atoms. The highest BCUT2D eigenvalue weighted by Gasteiger charge is 2.32. The van der Waals surface area contributed by atoms with Gasteiger partial charge in [-0.05, 0) is 18.8 Å². The fourth-order valence-corrected chi connectivity index (χ4v) is 2.36. The molecule has 0 radical (unpaired) electrons. The number of hydrogen-bond acceptors (Lipinski definition) is 3. The van der Waals surface area contributed by atoms with Crippen molar-refractivity contribution in [3.8, 4) is 0 Å². The largest absolute Gasteiger partial charge is 0.386 e. The molecule has 78 valence electrons. The first-order valence-corrected chi connectivity index (χ1v) is 6.00. The van der Waals surface area contributed by atoms with Crippen LogP contribution in [0.15, 0.2) is 5.38 Å². The van der Waals surface area contributed by atoms with E-state index in [1.165, 1.54) is 0 Å². The first kappa shape index (κ1) is 10.1. The van der Waals surface area contributed by atoms with Crippen LogP contribution in [0, 0.1) is 5.92 Å². The summed E-state index contributed by atoms with van der Waals surface area (Å²) in [5.74, 6) is 0.477. The van der Waals surface area contributed by atoms with Crippen LogP contribution in [0.1, 0.15) is 50.4 Å². The summed E-state index contributed by atoms with van der Waals surface area (Å²) in [6.07, 6.45) is 2.00. The topological polar surface area (TPSA) is 33.1 Å². The van der Waals surface area contributed by atoms with Gasteiger partial charge in [0.25, 0.3) is 0 Å². The van der Waals surface area contributed by atoms with E-state index in [9.17, 15) is 5.11 Å². The van der Waals surface area contributed by atoms with Crippen molar-refractivity contribution in [1.29, 1.82) is 0 Å². The van der Waals surface area contributed by atoms with E-state index in [4.69, 9.17) is 0 Å². The molecule has 1 heterocycles. The molecule has 1 saturated carbocycles. The molecule has 0 amide bonds. The Bertz CT molecular complexity index is 322. The lowest BCUT2D eigenvalue weighted by atomic mass is 9.98. The number of hydrogen-bond donors (Lipinski definition) is 1. The van der Waals surface area contributed by atoms with Crippen LogP contribution in [0.3, 0.4) is 0 Å². The minimum absolute atomic E-state index is 0.103. The van der Waals surface area contributed by atoms with E-state index >= 15 is 0 Å². The van der Waals surface area contributed by atoms with Gasteiger partial charge in [0.15, 0.2) is 0 Å². The van der Waals surface area contributed by atoms with Crippen LogP contribution < -0.4 is 0 Å². The van der Waals surface area contributed by atoms with Gasteiger partial charge in [0, 0.05) is 10.8 Å². The SMILES string of the molecule is CC(C)(C)c1nc(C(O)C2CC2)cs1. The third kappa shape index (κ3) is 1.98. The third-order valence-corrected chi connectivity index (χ3v) is 3.82. The summed E-state index contributed by atoms with van der Waals surface area (Å²) in [5.41, 5.74) is 0.981. The molecule has 1 unspecified atom stereocenters. The van der Waals surface area contributed by atoms with E-state index in [1.54, 1.807) is 11.3 Å². The number of rotatable bonds is 2. The standard InChI is InChI=1S/C11H17NOS/c1-11(2,3)10-12-8(6-14-10)9(13)7-4-5-7/h6-7,9,13H,4-5H2,1-3H3. The second-order valence-corrected chi connectivity index (χ2v) is 5.97. The van der Waals surface area contributed by atoms with Gasteiger partial charge in [0.2, 0.25) is 0 Å². The summed E-state index contributed by atoms with van der Waals surface area (Å²) in [6.45, 7) is 6.46. The average Bonchev–Trinajstić information content (AvgIpc) is 2.79. The van der Waals surface area contributed by atoms with Gasteiger partial charge >= 0.3 is 0 Å². The molecule has 1 aromatic rings. The fraction of sp³-hybridized carbons (Fsp3) is 0.727. The lowest BCUT2D eigenvalue weighted by Crippen LogP contribution is -2.11. The van der Waals surface area contributed by atoms with Crippen LogP contribution in [0.5, 0.6) is 0 Å². The Hall–Kier alpha value is -0.410. The molecule has 1 fully saturated rings. The number of nitrogens with zero attached hydrogens (tertiary/aromatic N) is 1. The monoisotopic (exact) mass is 211 g/mol. The second-order valence-electron chi connectivity index (χ2n) is 5.11. The number of aliphatic hydroxyl groups excluding tert-OH is 1. The van der Waals surface area contributed by atoms with Crippen molar-refractivity contribution in [2.45, 2.75) is 45.1 Å². The van der Waals surface area contributed by atoms with Gasteiger partial charge in [0.1, 0.15) is 0 Å². The highest BCUT2D eigenvalue weighted by molar-refractivity contribution is 7.09. The molecule has 3 heteroatoms. The van der Waals surface area contributed by atoms with E-state index in [-0.39, 0.29) is 11.5 Å². The molecular weight excluding hydrogens is 194 g/mol. The highest BCUT2D eigenvalue weighted by Crippen LogP contribution is 2.41. The van der Waals surface area contributed by atoms with Crippen LogP contribution in [0.25, 0.3) is 0 Å². The molecule has 0 spiro atoms. The summed E-state index contributed by atoms with van der Waals surface area (Å²) in [4.78, 5) is 4.51. The summed E-state index contributed by atoms with van der Waals surface area (Å²) in [6, 6.07) is 0. The van der Waals surface area contributed by atoms with E-state index in [0.717, 1.165) is 23.5 Å². The zero-order valence-electron chi connectivity index (χ0n) is 8.95. The van der Waals surface area contributed by atoms with Crippen molar-refractivity contribution in [2.24, 2.45) is 5.92 Å². The Morgan fingerprint density at radius 1 is 1.50 bits per heavy atom. The lowest BCUT2D eigenvalue weighted by molar-refractivity contribution is 0.149. The quantitative estimate of drug-likeness (QED) is 0.816. The Labute approximate surface area is 89.0 Å². The Morgan fingerprint density at radius 2 is 2.14 bits per heavy atom. The Morgan fingerprint density at radius 3 is 2.57 bits per heavy atom. The number of aliphatic hydroxyl groups is 1. The Kier molecular flexibility index (Phi) is 2.40. The van der Waals surface area contributed by atoms with Gasteiger partial charge in [-0.3, -0.25) is 0 Å². The molecule has 1 aliphatic carbocycles. The molecule has 2 rings (SSSR count). The van der Waals surface area contributed by atoms with Crippen LogP contribution in [-0.4, -0.2) is 10.1 Å². The van der Waals surface area contributed by atoms with Crippen molar-refractivity contribution >= 4 is 11.3 Å². The lowest BCUT2D eigenvalue weighted by Gasteiger charge is -2.14. The Balaban J connectivity index is 2.16. The van der Waals surface area contributed by atoms with Gasteiger partial charge in [0.05, 0.1) is 16.8 Å². The van der Waals surface area contributed by atoms with Crippen LogP contribution in [0.2, 0.25) is 0 Å². The third-order valence-electron chi connectivity index (χ3n) is 2.54. The van der Waals surface area contributed by atoms with Crippen LogP contribution in [-0.2, 0) is 5.41 Å². The van der Waals surface area contributed by atoms with Crippen LogP contribution >= 0.6 is 11.3 Å². The van der Waals surface area contributed by atoms with E-state index in [2.05, 4.69) is 25.8 Å². The molecule has 1 aliphatic rings. The van der Waals surface area contributed by atoms with E-state index < -0.39 is 0 Å². The van der Waals surface area contributed by atoms with Crippen molar-refractivity contribution < 1.29 is 5.11 Å². The fourth-order valence-electron chi connectivity index (χ4n) is 1.42. The van der Waals surface area contributed by atoms with Gasteiger partial charge in [-0.15, -0.1) is 11.3 Å². The van der Waals surface area contributed by atoms with Crippen molar-refractivity contribution in [3.05, 3.63) is 16.1 Å². The number of aromatic nitrogens is 1. The summed E-state index contributed by atoms with van der Waals surface area (Å²) in [7, 11) is 0. The van der Waals surface area contributed by atoms with Gasteiger partial charge in [-0.25, -0.2) is 4.98 Å². The molecule has 2 nitrogen and oxygen atoms in total. The maximum absolute atomic E-state index is 9.88. The number of thiazole rings is 1. The molecule has 0 saturated heterocycles. The molecule has 1 aromatic heterocycles. The second kappa shape index (κ2) is 3.31. The molecule has 14 heavy (non-hydrogen) atoms. The summed E-state index contributed by atoms with van der Waals surface area (Å²) < 4.78 is 0. The molecule has 1 atom stereocenters. The van der Waals surface area contributed by atoms with E-state index in [0.29, 0.717) is 5.92 Å². The predicted octanol–water partition coefficient (Wildman–Crippen LogP) is 2.88. The average molecular weight is 211 g/mol. The molecule has 1 N–H and O–H groups in total. The smallest absolute Gasteiger partial charge is 0.0996 e. The van der Waals surface area contributed by atoms with Crippen molar-refractivity contribution in [1.82, 2.24) is 4.98 Å². The maximum atomic E-state index is 9.88. The van der Waals surface area contributed by atoms with Gasteiger partial charge < -0.3 is 5.11 Å². The minimum Gasteiger partial charge on any atom is -0.386 e. The first-order chi connectivity index (χ1) is 6.48. The van der Waals surface area contributed by atoms with Crippen molar-refractivity contribution in [2.75, 3.05) is 0 Å². The molecule has 0 aromatic carbocycles. The first-order valence-electron chi connectivity index (χ1n) is 5.12. The van der Waals surface area contributed by atoms with Gasteiger partial charge in [-0.1, -0.05) is 20.8 Å². The summed E-state index contributed by atoms with van der Waals surface area (Å²) >= 11 is 1.66. The van der Waals surface area contributed by atoms with Crippen molar-refractivity contribution in [3.63, 3.8) is 0 Å². The molecular formula is C11H17NOS. The summed E-state index contributed by atoms with van der Waals surface area (Å²) in [5, 5.41) is 13.0. The predicted molar refractivity (Wildman–Crippen MR) is 58.5 cm³/mol. The molecule has 0 aliphatic heterocycles. The highest BCUT2D eigenvalue weighted by atomic mass is 32.1. The van der Waals surface area contributed by atoms with Crippen LogP contribution in [0.4, 0.5) is 0 Å². The van der Waals surface area contributed by atoms with Gasteiger partial charge in [-0.2, -0.15) is 0 Å². The maximum Gasteiger partial charge on any atom is 0.0996 e.